The molecule has 0 aromatic carbocycles. The zero-order chi connectivity index (χ0) is 23.5. The highest BCUT2D eigenvalue weighted by molar-refractivity contribution is 5.99. The van der Waals surface area contributed by atoms with Crippen molar-refractivity contribution in [2.45, 2.75) is 20.3 Å². The summed E-state index contributed by atoms with van der Waals surface area (Å²) < 4.78 is 15.3. The van der Waals surface area contributed by atoms with E-state index in [1.54, 1.807) is 19.3 Å². The highest BCUT2D eigenvalue weighted by Gasteiger charge is 2.21. The van der Waals surface area contributed by atoms with Crippen LogP contribution in [0.4, 0.5) is 5.82 Å². The fourth-order valence-electron chi connectivity index (χ4n) is 4.37. The van der Waals surface area contributed by atoms with E-state index in [1.165, 1.54) is 0 Å². The summed E-state index contributed by atoms with van der Waals surface area (Å²) in [6.45, 7) is 9.41. The molecule has 0 bridgehead atoms. The molecule has 0 radical (unpaired) electrons. The molecular formula is C25H30N6O3. The van der Waals surface area contributed by atoms with E-state index in [4.69, 9.17) is 14.5 Å². The minimum Gasteiger partial charge on any atom is -0.493 e. The molecular weight excluding hydrogens is 432 g/mol. The number of ether oxygens (including phenoxy) is 2. The maximum Gasteiger partial charge on any atom is 0.176 e. The number of ketones is 1. The van der Waals surface area contributed by atoms with E-state index in [0.29, 0.717) is 12.3 Å². The maximum atomic E-state index is 12.4. The zero-order valence-corrected chi connectivity index (χ0v) is 19.7. The first-order chi connectivity index (χ1) is 16.7. The number of fused-ring (bicyclic) bond motifs is 2. The Kier molecular flexibility index (Phi) is 6.46. The number of nitrogens with one attached hydrogen (secondary N) is 1. The number of Topliss-reactive ketones (excluding diaryl/α,β-unsaturated/α-hetero) is 1. The Labute approximate surface area is 198 Å². The Morgan fingerprint density at radius 3 is 2.85 bits per heavy atom. The normalized spacial score (nSPS) is 14.6. The van der Waals surface area contributed by atoms with Crippen LogP contribution in [0.1, 0.15) is 30.8 Å². The molecule has 178 valence electrons. The van der Waals surface area contributed by atoms with Crippen molar-refractivity contribution >= 4 is 22.8 Å². The van der Waals surface area contributed by atoms with E-state index in [0.717, 1.165) is 79.8 Å². The number of hydrogen-bond donors (Lipinski definition) is 1. The van der Waals surface area contributed by atoms with Crippen molar-refractivity contribution in [2.24, 2.45) is 0 Å². The molecule has 0 unspecified atom stereocenters. The van der Waals surface area contributed by atoms with Gasteiger partial charge in [-0.15, -0.1) is 0 Å². The first-order valence-electron chi connectivity index (χ1n) is 11.8. The lowest BCUT2D eigenvalue weighted by Gasteiger charge is -2.26. The third-order valence-corrected chi connectivity index (χ3v) is 6.09. The molecule has 1 fully saturated rings. The largest absolute Gasteiger partial charge is 0.493 e. The predicted octanol–water partition coefficient (Wildman–Crippen LogP) is 3.38. The summed E-state index contributed by atoms with van der Waals surface area (Å²) in [4.78, 5) is 24.0. The van der Waals surface area contributed by atoms with Gasteiger partial charge >= 0.3 is 0 Å². The number of anilines is 1. The summed E-state index contributed by atoms with van der Waals surface area (Å²) in [5, 5.41) is 3.60. The highest BCUT2D eigenvalue weighted by Crippen LogP contribution is 2.35. The average molecular weight is 463 g/mol. The van der Waals surface area contributed by atoms with E-state index in [1.807, 2.05) is 39.4 Å². The van der Waals surface area contributed by atoms with Crippen LogP contribution in [0.3, 0.4) is 0 Å². The molecule has 0 aliphatic carbocycles. The monoisotopic (exact) mass is 462 g/mol. The lowest BCUT2D eigenvalue weighted by atomic mass is 10.1. The van der Waals surface area contributed by atoms with Gasteiger partial charge in [0, 0.05) is 63.3 Å². The second-order valence-electron chi connectivity index (χ2n) is 8.46. The minimum absolute atomic E-state index is 0.00395. The van der Waals surface area contributed by atoms with Gasteiger partial charge in [-0.1, -0.05) is 6.92 Å². The van der Waals surface area contributed by atoms with Crippen molar-refractivity contribution in [2.75, 3.05) is 51.3 Å². The van der Waals surface area contributed by atoms with Gasteiger partial charge in [-0.3, -0.25) is 19.1 Å². The van der Waals surface area contributed by atoms with Crippen LogP contribution >= 0.6 is 0 Å². The standard InChI is InChI=1S/C25H30N6O3/c1-3-12-34-19-4-7-30-21(18(2)32)16-20(22(30)15-19)24-25(31-9-5-26-17-23(31)28-24)27-6-8-29-10-13-33-14-11-29/h4-5,7,9,15-17,27H,3,6,8,10-14H2,1-2H3. The van der Waals surface area contributed by atoms with Crippen LogP contribution in [0.15, 0.2) is 43.0 Å². The molecule has 5 rings (SSSR count). The molecule has 4 aromatic rings. The second kappa shape index (κ2) is 9.82. The SMILES string of the molecule is CCCOc1ccn2c(C(C)=O)cc(-c3nc4cnccn4c3NCCN3CCOCC3)c2c1. The molecule has 9 heteroatoms. The average Bonchev–Trinajstić information content (AvgIpc) is 3.42. The van der Waals surface area contributed by atoms with Crippen LogP contribution in [0.25, 0.3) is 22.4 Å². The van der Waals surface area contributed by atoms with Crippen LogP contribution < -0.4 is 10.1 Å². The first-order valence-corrected chi connectivity index (χ1v) is 11.8. The van der Waals surface area contributed by atoms with Crippen LogP contribution in [-0.2, 0) is 4.74 Å². The number of carbonyl (C=O) groups is 1. The number of imidazole rings is 1. The number of aromatic nitrogens is 4. The van der Waals surface area contributed by atoms with E-state index in [9.17, 15) is 4.79 Å². The first kappa shape index (κ1) is 22.4. The maximum absolute atomic E-state index is 12.4. The molecule has 0 spiro atoms. The molecule has 0 saturated carbocycles. The van der Waals surface area contributed by atoms with Gasteiger partial charge < -0.3 is 19.2 Å². The molecule has 1 aliphatic rings. The molecule has 0 atom stereocenters. The molecule has 1 saturated heterocycles. The van der Waals surface area contributed by atoms with Gasteiger partial charge in [0.25, 0.3) is 0 Å². The highest BCUT2D eigenvalue weighted by atomic mass is 16.5. The molecule has 0 amide bonds. The van der Waals surface area contributed by atoms with E-state index in [2.05, 4.69) is 22.1 Å². The van der Waals surface area contributed by atoms with Gasteiger partial charge in [0.2, 0.25) is 0 Å². The summed E-state index contributed by atoms with van der Waals surface area (Å²) in [5.41, 5.74) is 3.90. The van der Waals surface area contributed by atoms with Crippen molar-refractivity contribution in [3.05, 3.63) is 48.7 Å². The summed E-state index contributed by atoms with van der Waals surface area (Å²) >= 11 is 0. The van der Waals surface area contributed by atoms with E-state index in [-0.39, 0.29) is 5.78 Å². The third-order valence-electron chi connectivity index (χ3n) is 6.09. The van der Waals surface area contributed by atoms with Gasteiger partial charge in [0.15, 0.2) is 11.4 Å². The van der Waals surface area contributed by atoms with Crippen LogP contribution in [0.2, 0.25) is 0 Å². The number of morpholine rings is 1. The topological polar surface area (TPSA) is 85.4 Å². The van der Waals surface area contributed by atoms with Crippen molar-refractivity contribution in [1.29, 1.82) is 0 Å². The number of nitrogens with zero attached hydrogens (tertiary/aromatic N) is 5. The Hall–Kier alpha value is -3.43. The Morgan fingerprint density at radius 1 is 1.21 bits per heavy atom. The van der Waals surface area contributed by atoms with Crippen LogP contribution in [-0.4, -0.2) is 75.5 Å². The summed E-state index contributed by atoms with van der Waals surface area (Å²) in [5.74, 6) is 1.65. The molecule has 1 aliphatic heterocycles. The molecule has 5 heterocycles. The molecule has 9 nitrogen and oxygen atoms in total. The van der Waals surface area contributed by atoms with Gasteiger partial charge in [0.1, 0.15) is 17.3 Å². The zero-order valence-electron chi connectivity index (χ0n) is 19.7. The summed E-state index contributed by atoms with van der Waals surface area (Å²) in [6.07, 6.45) is 8.22. The van der Waals surface area contributed by atoms with Crippen molar-refractivity contribution in [3.63, 3.8) is 0 Å². The third kappa shape index (κ3) is 4.36. The van der Waals surface area contributed by atoms with Gasteiger partial charge in [0.05, 0.1) is 37.2 Å². The van der Waals surface area contributed by atoms with E-state index < -0.39 is 0 Å². The predicted molar refractivity (Wildman–Crippen MR) is 131 cm³/mol. The summed E-state index contributed by atoms with van der Waals surface area (Å²) in [6, 6.07) is 5.80. The number of carbonyl (C=O) groups excluding carboxylic acids is 1. The summed E-state index contributed by atoms with van der Waals surface area (Å²) in [7, 11) is 0. The lowest BCUT2D eigenvalue weighted by molar-refractivity contribution is 0.0398. The van der Waals surface area contributed by atoms with Crippen molar-refractivity contribution in [1.82, 2.24) is 23.7 Å². The Balaban J connectivity index is 1.56. The Morgan fingerprint density at radius 2 is 2.06 bits per heavy atom. The number of pyridine rings is 1. The van der Waals surface area contributed by atoms with Crippen LogP contribution in [0.5, 0.6) is 5.75 Å². The molecule has 1 N–H and O–H groups in total. The number of hydrogen-bond acceptors (Lipinski definition) is 7. The smallest absolute Gasteiger partial charge is 0.176 e. The van der Waals surface area contributed by atoms with Gasteiger partial charge in [-0.05, 0) is 18.6 Å². The van der Waals surface area contributed by atoms with Crippen molar-refractivity contribution in [3.8, 4) is 17.0 Å². The second-order valence-corrected chi connectivity index (χ2v) is 8.46. The molecule has 4 aromatic heterocycles. The fraction of sp³-hybridized carbons (Fsp3) is 0.400. The van der Waals surface area contributed by atoms with Gasteiger partial charge in [-0.2, -0.15) is 0 Å². The van der Waals surface area contributed by atoms with Crippen molar-refractivity contribution < 1.29 is 14.3 Å². The Bertz CT molecular complexity index is 1300. The van der Waals surface area contributed by atoms with Crippen LogP contribution in [0, 0.1) is 0 Å². The molecule has 34 heavy (non-hydrogen) atoms. The minimum atomic E-state index is -0.00395. The number of rotatable bonds is 9. The lowest BCUT2D eigenvalue weighted by Crippen LogP contribution is -2.39. The fourth-order valence-corrected chi connectivity index (χ4v) is 4.37. The van der Waals surface area contributed by atoms with E-state index >= 15 is 0 Å². The quantitative estimate of drug-likeness (QED) is 0.382. The van der Waals surface area contributed by atoms with Gasteiger partial charge in [-0.25, -0.2) is 4.98 Å².